The van der Waals surface area contributed by atoms with Gasteiger partial charge in [-0.25, -0.2) is 18.2 Å². The Labute approximate surface area is 149 Å². The zero-order valence-corrected chi connectivity index (χ0v) is 15.5. The van der Waals surface area contributed by atoms with Crippen molar-refractivity contribution >= 4 is 38.4 Å². The summed E-state index contributed by atoms with van der Waals surface area (Å²) >= 11 is 0.966. The van der Waals surface area contributed by atoms with Gasteiger partial charge in [0.25, 0.3) is 0 Å². The summed E-state index contributed by atoms with van der Waals surface area (Å²) in [6, 6.07) is 7.82. The predicted octanol–water partition coefficient (Wildman–Crippen LogP) is 1.50. The number of carbonyl (C=O) groups excluding carboxylic acids is 2. The third kappa shape index (κ3) is 4.41. The molecule has 8 nitrogen and oxygen atoms in total. The fourth-order valence-electron chi connectivity index (χ4n) is 1.95. The number of amides is 1. The third-order valence-corrected chi connectivity index (χ3v) is 6.10. The number of ether oxygens (including phenoxy) is 1. The van der Waals surface area contributed by atoms with Crippen LogP contribution >= 0.6 is 11.3 Å². The number of nitrogens with one attached hydrogen (secondary N) is 1. The monoisotopic (exact) mass is 383 g/mol. The van der Waals surface area contributed by atoms with E-state index in [1.165, 1.54) is 26.3 Å². The highest BCUT2D eigenvalue weighted by Gasteiger charge is 2.23. The molecule has 1 amide bonds. The highest BCUT2D eigenvalue weighted by atomic mass is 32.2. The lowest BCUT2D eigenvalue weighted by molar-refractivity contribution is -0.116. The molecule has 0 atom stereocenters. The van der Waals surface area contributed by atoms with Crippen molar-refractivity contribution in [3.63, 3.8) is 0 Å². The van der Waals surface area contributed by atoms with Crippen molar-refractivity contribution in [3.05, 3.63) is 40.9 Å². The molecule has 0 aliphatic heterocycles. The largest absolute Gasteiger partial charge is 0.465 e. The van der Waals surface area contributed by atoms with Crippen molar-refractivity contribution in [1.82, 2.24) is 9.29 Å². The maximum Gasteiger partial charge on any atom is 0.350 e. The number of anilines is 1. The molecule has 1 N–H and O–H groups in total. The van der Waals surface area contributed by atoms with Gasteiger partial charge in [-0.15, -0.1) is 0 Å². The van der Waals surface area contributed by atoms with Crippen molar-refractivity contribution in [3.8, 4) is 0 Å². The molecule has 0 fully saturated rings. The fourth-order valence-corrected chi connectivity index (χ4v) is 4.00. The number of aryl methyl sites for hydroxylation is 1. The minimum Gasteiger partial charge on any atom is -0.465 e. The van der Waals surface area contributed by atoms with E-state index in [1.54, 1.807) is 25.1 Å². The van der Waals surface area contributed by atoms with Crippen LogP contribution in [0.3, 0.4) is 0 Å². The molecule has 10 heteroatoms. The molecule has 0 spiro atoms. The van der Waals surface area contributed by atoms with Crippen LogP contribution in [0.5, 0.6) is 0 Å². The second kappa shape index (κ2) is 7.72. The Morgan fingerprint density at radius 3 is 2.52 bits per heavy atom. The summed E-state index contributed by atoms with van der Waals surface area (Å²) in [7, 11) is -1.20. The number of sulfonamides is 1. The summed E-state index contributed by atoms with van der Waals surface area (Å²) in [6.45, 7) is 1.23. The number of nitrogens with zero attached hydrogens (tertiary/aromatic N) is 2. The fraction of sp³-hybridized carbons (Fsp3) is 0.267. The van der Waals surface area contributed by atoms with Crippen LogP contribution in [0.2, 0.25) is 0 Å². The highest BCUT2D eigenvalue weighted by molar-refractivity contribution is 7.89. The van der Waals surface area contributed by atoms with Gasteiger partial charge in [0, 0.05) is 7.05 Å². The molecule has 0 aliphatic rings. The van der Waals surface area contributed by atoms with E-state index in [1.807, 2.05) is 0 Å². The van der Waals surface area contributed by atoms with E-state index < -0.39 is 21.9 Å². The molecule has 1 aromatic carbocycles. The first-order valence-corrected chi connectivity index (χ1v) is 9.38. The van der Waals surface area contributed by atoms with E-state index in [0.717, 1.165) is 15.6 Å². The summed E-state index contributed by atoms with van der Waals surface area (Å²) in [5.41, 5.74) is 0.428. The zero-order chi connectivity index (χ0) is 18.6. The average molecular weight is 383 g/mol. The van der Waals surface area contributed by atoms with Crippen molar-refractivity contribution in [1.29, 1.82) is 0 Å². The van der Waals surface area contributed by atoms with Gasteiger partial charge >= 0.3 is 5.97 Å². The normalized spacial score (nSPS) is 11.4. The molecule has 134 valence electrons. The van der Waals surface area contributed by atoms with Gasteiger partial charge in [-0.05, 0) is 19.1 Å². The van der Waals surface area contributed by atoms with Gasteiger partial charge in [0.15, 0.2) is 5.13 Å². The van der Waals surface area contributed by atoms with Gasteiger partial charge in [-0.3, -0.25) is 4.79 Å². The van der Waals surface area contributed by atoms with E-state index in [9.17, 15) is 18.0 Å². The molecule has 0 bridgehead atoms. The van der Waals surface area contributed by atoms with Crippen LogP contribution in [0.25, 0.3) is 0 Å². The Balaban J connectivity index is 2.06. The number of carbonyl (C=O) groups is 2. The first-order valence-electron chi connectivity index (χ1n) is 7.12. The second-order valence-electron chi connectivity index (χ2n) is 5.05. The molecule has 0 saturated heterocycles. The van der Waals surface area contributed by atoms with Gasteiger partial charge in [-0.2, -0.15) is 4.31 Å². The van der Waals surface area contributed by atoms with Crippen molar-refractivity contribution in [2.75, 3.05) is 26.0 Å². The number of aromatic nitrogens is 1. The molecule has 0 unspecified atom stereocenters. The summed E-state index contributed by atoms with van der Waals surface area (Å²) in [4.78, 5) is 28.1. The minimum atomic E-state index is -3.77. The van der Waals surface area contributed by atoms with Crippen molar-refractivity contribution in [2.45, 2.75) is 11.8 Å². The number of esters is 1. The Morgan fingerprint density at radius 2 is 1.92 bits per heavy atom. The summed E-state index contributed by atoms with van der Waals surface area (Å²) in [5.74, 6) is -1.11. The highest BCUT2D eigenvalue weighted by Crippen LogP contribution is 2.23. The number of hydrogen-bond donors (Lipinski definition) is 1. The maximum atomic E-state index is 12.4. The SMILES string of the molecule is COC(=O)c1sc(NC(=O)CN(C)S(=O)(=O)c2ccccc2)nc1C. The summed E-state index contributed by atoms with van der Waals surface area (Å²) in [5, 5.41) is 2.69. The molecule has 1 aromatic heterocycles. The average Bonchev–Trinajstić information content (AvgIpc) is 2.94. The quantitative estimate of drug-likeness (QED) is 0.758. The van der Waals surface area contributed by atoms with Gasteiger partial charge in [0.05, 0.1) is 24.2 Å². The predicted molar refractivity (Wildman–Crippen MR) is 93.1 cm³/mol. The summed E-state index contributed by atoms with van der Waals surface area (Å²) < 4.78 is 30.3. The maximum absolute atomic E-state index is 12.4. The number of likely N-dealkylation sites (N-methyl/N-ethyl adjacent to an activating group) is 1. The smallest absolute Gasteiger partial charge is 0.350 e. The first kappa shape index (κ1) is 19.0. The van der Waals surface area contributed by atoms with Crippen LogP contribution in [0.15, 0.2) is 35.2 Å². The first-order chi connectivity index (χ1) is 11.8. The number of thiazole rings is 1. The molecule has 25 heavy (non-hydrogen) atoms. The Kier molecular flexibility index (Phi) is 5.88. The zero-order valence-electron chi connectivity index (χ0n) is 13.8. The standard InChI is InChI=1S/C15H17N3O5S2/c1-10-13(14(20)23-3)24-15(16-10)17-12(19)9-18(2)25(21,22)11-7-5-4-6-8-11/h4-8H,9H2,1-3H3,(H,16,17,19). The molecule has 0 radical (unpaired) electrons. The number of rotatable bonds is 6. The number of hydrogen-bond acceptors (Lipinski definition) is 7. The molecular formula is C15H17N3O5S2. The Morgan fingerprint density at radius 1 is 1.28 bits per heavy atom. The molecule has 2 rings (SSSR count). The van der Waals surface area contributed by atoms with Crippen molar-refractivity contribution in [2.24, 2.45) is 0 Å². The molecule has 2 aromatic rings. The van der Waals surface area contributed by atoms with Crippen molar-refractivity contribution < 1.29 is 22.7 Å². The van der Waals surface area contributed by atoms with Crippen LogP contribution in [-0.4, -0.2) is 50.3 Å². The van der Waals surface area contributed by atoms with E-state index in [0.29, 0.717) is 5.69 Å². The number of methoxy groups -OCH3 is 1. The van der Waals surface area contributed by atoms with E-state index in [4.69, 9.17) is 0 Å². The lowest BCUT2D eigenvalue weighted by atomic mass is 10.4. The van der Waals surface area contributed by atoms with Crippen LogP contribution in [0.4, 0.5) is 5.13 Å². The molecule has 1 heterocycles. The van der Waals surface area contributed by atoms with Gasteiger partial charge < -0.3 is 10.1 Å². The minimum absolute atomic E-state index is 0.100. The van der Waals surface area contributed by atoms with Crippen LogP contribution < -0.4 is 5.32 Å². The topological polar surface area (TPSA) is 106 Å². The summed E-state index contributed by atoms with van der Waals surface area (Å²) in [6.07, 6.45) is 0. The molecule has 0 saturated carbocycles. The van der Waals surface area contributed by atoms with Crippen LogP contribution in [0.1, 0.15) is 15.4 Å². The van der Waals surface area contributed by atoms with E-state index in [2.05, 4.69) is 15.0 Å². The number of benzene rings is 1. The van der Waals surface area contributed by atoms with Crippen LogP contribution in [0, 0.1) is 6.92 Å². The lowest BCUT2D eigenvalue weighted by Gasteiger charge is -2.16. The lowest BCUT2D eigenvalue weighted by Crippen LogP contribution is -2.34. The van der Waals surface area contributed by atoms with E-state index >= 15 is 0 Å². The molecule has 0 aliphatic carbocycles. The third-order valence-electron chi connectivity index (χ3n) is 3.23. The van der Waals surface area contributed by atoms with E-state index in [-0.39, 0.29) is 21.4 Å². The second-order valence-corrected chi connectivity index (χ2v) is 8.09. The Hall–Kier alpha value is -2.30. The Bertz CT molecular complexity index is 878. The van der Waals surface area contributed by atoms with Gasteiger partial charge in [-0.1, -0.05) is 29.5 Å². The molecular weight excluding hydrogens is 366 g/mol. The van der Waals surface area contributed by atoms with Gasteiger partial charge in [0.1, 0.15) is 4.88 Å². The van der Waals surface area contributed by atoms with Crippen LogP contribution in [-0.2, 0) is 19.6 Å². The van der Waals surface area contributed by atoms with Gasteiger partial charge in [0.2, 0.25) is 15.9 Å².